The Bertz CT molecular complexity index is 1390. The number of amidine groups is 1. The molecule has 3 aliphatic heterocycles. The zero-order valence-corrected chi connectivity index (χ0v) is 22.1. The van der Waals surface area contributed by atoms with Crippen LogP contribution < -0.4 is 5.32 Å². The molecule has 1 N–H and O–H groups in total. The summed E-state index contributed by atoms with van der Waals surface area (Å²) in [5.41, 5.74) is -2.31. The summed E-state index contributed by atoms with van der Waals surface area (Å²) in [6, 6.07) is 4.56. The Morgan fingerprint density at radius 3 is 2.39 bits per heavy atom. The average Bonchev–Trinajstić information content (AvgIpc) is 3.47. The van der Waals surface area contributed by atoms with Gasteiger partial charge in [0.1, 0.15) is 5.84 Å². The molecule has 5 rings (SSSR count). The van der Waals surface area contributed by atoms with Crippen molar-refractivity contribution in [2.75, 3.05) is 13.1 Å². The molecule has 0 bridgehead atoms. The highest BCUT2D eigenvalue weighted by Gasteiger charge is 2.63. The molecule has 206 valence electrons. The maximum atomic E-state index is 14.2. The van der Waals surface area contributed by atoms with Gasteiger partial charge in [0.05, 0.1) is 23.9 Å². The van der Waals surface area contributed by atoms with Crippen LogP contribution >= 0.6 is 34.5 Å². The van der Waals surface area contributed by atoms with E-state index in [4.69, 9.17) is 28.0 Å². The molecule has 0 spiro atoms. The summed E-state index contributed by atoms with van der Waals surface area (Å²) in [5.74, 6) is -3.95. The number of amides is 1. The van der Waals surface area contributed by atoms with Crippen LogP contribution in [-0.4, -0.2) is 60.4 Å². The highest BCUT2D eigenvalue weighted by molar-refractivity contribution is 7.89. The standard InChI is InChI=1S/C21H17Cl2F5N4O4S2/c22-12-2-11(3-13(23)4-12)20(21(26,27)28)5-17(30-36-20)31-6-10-1-15(37-16(10)9-31)18(33)29-14-7-32(8-14)38(34,35)19(24)25/h1-4,14,19H,5-9H2,(H,29,33). The molecule has 0 radical (unpaired) electrons. The van der Waals surface area contributed by atoms with Crippen LogP contribution in [0.25, 0.3) is 0 Å². The van der Waals surface area contributed by atoms with E-state index in [0.29, 0.717) is 14.7 Å². The van der Waals surface area contributed by atoms with Gasteiger partial charge in [-0.3, -0.25) is 4.79 Å². The average molecular weight is 619 g/mol. The Labute approximate surface area is 227 Å². The summed E-state index contributed by atoms with van der Waals surface area (Å²) in [5, 5.41) is 6.39. The second-order valence-corrected chi connectivity index (χ2v) is 12.9. The summed E-state index contributed by atoms with van der Waals surface area (Å²) in [6.07, 6.45) is -5.43. The van der Waals surface area contributed by atoms with Crippen molar-refractivity contribution in [1.82, 2.24) is 14.5 Å². The first-order valence-electron chi connectivity index (χ1n) is 10.9. The first kappa shape index (κ1) is 27.4. The minimum atomic E-state index is -4.83. The lowest BCUT2D eigenvalue weighted by Gasteiger charge is -2.37. The molecule has 17 heteroatoms. The smallest absolute Gasteiger partial charge is 0.372 e. The van der Waals surface area contributed by atoms with Crippen LogP contribution in [0.3, 0.4) is 0 Å². The molecule has 0 saturated carbocycles. The van der Waals surface area contributed by atoms with Crippen molar-refractivity contribution in [2.24, 2.45) is 5.16 Å². The molecule has 38 heavy (non-hydrogen) atoms. The van der Waals surface area contributed by atoms with E-state index in [-0.39, 0.29) is 47.6 Å². The summed E-state index contributed by atoms with van der Waals surface area (Å²) in [4.78, 5) is 20.3. The molecule has 3 aliphatic rings. The molecule has 1 unspecified atom stereocenters. The summed E-state index contributed by atoms with van der Waals surface area (Å²) < 4.78 is 91.3. The number of nitrogens with one attached hydrogen (secondary N) is 1. The number of sulfonamides is 1. The molecule has 1 saturated heterocycles. The fraction of sp³-hybridized carbons (Fsp3) is 0.429. The van der Waals surface area contributed by atoms with Gasteiger partial charge in [-0.1, -0.05) is 28.4 Å². The van der Waals surface area contributed by atoms with Crippen LogP contribution in [-0.2, 0) is 33.6 Å². The van der Waals surface area contributed by atoms with Crippen LogP contribution in [0.15, 0.2) is 29.4 Å². The zero-order valence-electron chi connectivity index (χ0n) is 18.9. The summed E-state index contributed by atoms with van der Waals surface area (Å²) >= 11 is 13.0. The van der Waals surface area contributed by atoms with Gasteiger partial charge in [0.25, 0.3) is 21.5 Å². The van der Waals surface area contributed by atoms with Gasteiger partial charge in [0.2, 0.25) is 0 Å². The van der Waals surface area contributed by atoms with Gasteiger partial charge in [0.15, 0.2) is 0 Å². The van der Waals surface area contributed by atoms with Crippen molar-refractivity contribution in [3.05, 3.63) is 55.2 Å². The Morgan fingerprint density at radius 1 is 1.16 bits per heavy atom. The lowest BCUT2D eigenvalue weighted by Crippen LogP contribution is -2.61. The predicted octanol–water partition coefficient (Wildman–Crippen LogP) is 4.53. The third kappa shape index (κ3) is 4.72. The SMILES string of the molecule is O=C(NC1CN(S(=O)(=O)C(F)F)C1)c1cc2c(s1)CN(C1=NOC(c3cc(Cl)cc(Cl)c3)(C(F)(F)F)C1)C2. The highest BCUT2D eigenvalue weighted by atomic mass is 35.5. The molecule has 1 aromatic carbocycles. The number of fused-ring (bicyclic) bond motifs is 1. The van der Waals surface area contributed by atoms with Crippen LogP contribution in [0, 0.1) is 0 Å². The van der Waals surface area contributed by atoms with Gasteiger partial charge in [-0.2, -0.15) is 26.3 Å². The van der Waals surface area contributed by atoms with Crippen molar-refractivity contribution in [3.63, 3.8) is 0 Å². The number of nitrogens with zero attached hydrogens (tertiary/aromatic N) is 3. The number of thiophene rings is 1. The topological polar surface area (TPSA) is 91.3 Å². The van der Waals surface area contributed by atoms with Gasteiger partial charge < -0.3 is 15.1 Å². The molecule has 0 aliphatic carbocycles. The maximum Gasteiger partial charge on any atom is 0.435 e. The summed E-state index contributed by atoms with van der Waals surface area (Å²) in [7, 11) is -4.68. The van der Waals surface area contributed by atoms with Crippen molar-refractivity contribution in [3.8, 4) is 0 Å². The van der Waals surface area contributed by atoms with Crippen LogP contribution in [0.1, 0.15) is 32.1 Å². The van der Waals surface area contributed by atoms with Crippen molar-refractivity contribution in [2.45, 2.75) is 43.1 Å². The van der Waals surface area contributed by atoms with Gasteiger partial charge >= 0.3 is 11.9 Å². The second-order valence-electron chi connectivity index (χ2n) is 8.97. The zero-order chi connectivity index (χ0) is 27.6. The van der Waals surface area contributed by atoms with Crippen LogP contribution in [0.4, 0.5) is 22.0 Å². The Balaban J connectivity index is 1.23. The molecule has 1 amide bonds. The van der Waals surface area contributed by atoms with Gasteiger partial charge in [-0.05, 0) is 29.8 Å². The van der Waals surface area contributed by atoms with Crippen LogP contribution in [0.5, 0.6) is 0 Å². The van der Waals surface area contributed by atoms with Crippen LogP contribution in [0.2, 0.25) is 10.0 Å². The molecule has 4 heterocycles. The van der Waals surface area contributed by atoms with Crippen molar-refractivity contribution >= 4 is 56.3 Å². The fourth-order valence-corrected chi connectivity index (χ4v) is 7.03. The molecule has 1 fully saturated rings. The largest absolute Gasteiger partial charge is 0.435 e. The molecular weight excluding hydrogens is 602 g/mol. The predicted molar refractivity (Wildman–Crippen MR) is 129 cm³/mol. The number of carbonyl (C=O) groups is 1. The minimum Gasteiger partial charge on any atom is -0.372 e. The normalized spacial score (nSPS) is 22.3. The Morgan fingerprint density at radius 2 is 1.82 bits per heavy atom. The molecule has 8 nitrogen and oxygen atoms in total. The monoisotopic (exact) mass is 618 g/mol. The number of rotatable bonds is 5. The first-order valence-corrected chi connectivity index (χ1v) is 14.0. The van der Waals surface area contributed by atoms with Gasteiger partial charge in [-0.25, -0.2) is 8.42 Å². The van der Waals surface area contributed by atoms with E-state index in [9.17, 15) is 35.2 Å². The van der Waals surface area contributed by atoms with E-state index in [1.165, 1.54) is 6.07 Å². The lowest BCUT2D eigenvalue weighted by atomic mass is 9.89. The van der Waals surface area contributed by atoms with E-state index >= 15 is 0 Å². The summed E-state index contributed by atoms with van der Waals surface area (Å²) in [6.45, 7) is -0.120. The van der Waals surface area contributed by atoms with E-state index in [0.717, 1.165) is 28.3 Å². The minimum absolute atomic E-state index is 0.0209. The first-order chi connectivity index (χ1) is 17.7. The van der Waals surface area contributed by atoms with E-state index < -0.39 is 45.9 Å². The Kier molecular flexibility index (Phi) is 6.82. The number of halogens is 7. The maximum absolute atomic E-state index is 14.2. The fourth-order valence-electron chi connectivity index (χ4n) is 4.41. The quantitative estimate of drug-likeness (QED) is 0.497. The van der Waals surface area contributed by atoms with E-state index in [1.807, 2.05) is 0 Å². The van der Waals surface area contributed by atoms with Gasteiger partial charge in [-0.15, -0.1) is 11.3 Å². The van der Waals surface area contributed by atoms with E-state index in [2.05, 4.69) is 10.5 Å². The molecule has 1 atom stereocenters. The van der Waals surface area contributed by atoms with Crippen molar-refractivity contribution in [1.29, 1.82) is 0 Å². The third-order valence-corrected chi connectivity index (χ3v) is 9.52. The third-order valence-electron chi connectivity index (χ3n) is 6.45. The number of alkyl halides is 5. The number of benzene rings is 1. The highest BCUT2D eigenvalue weighted by Crippen LogP contribution is 2.50. The van der Waals surface area contributed by atoms with Crippen molar-refractivity contribution < 1.29 is 40.0 Å². The molecule has 2 aromatic rings. The second kappa shape index (κ2) is 9.47. The Hall–Kier alpha value is -2.20. The molecular formula is C21H17Cl2F5N4O4S2. The van der Waals surface area contributed by atoms with E-state index in [1.54, 1.807) is 11.0 Å². The number of hydrogen-bond donors (Lipinski definition) is 1. The van der Waals surface area contributed by atoms with Gasteiger partial charge in [0, 0.05) is 40.1 Å². The number of hydrogen-bond acceptors (Lipinski definition) is 7. The molecule has 1 aromatic heterocycles. The number of oxime groups is 1. The lowest BCUT2D eigenvalue weighted by molar-refractivity contribution is -0.275. The number of carbonyl (C=O) groups excluding carboxylic acids is 1.